The second kappa shape index (κ2) is 8.74. The van der Waals surface area contributed by atoms with E-state index in [4.69, 9.17) is 15.2 Å². The van der Waals surface area contributed by atoms with Crippen molar-refractivity contribution in [3.63, 3.8) is 0 Å². The molecule has 1 heterocycles. The van der Waals surface area contributed by atoms with Gasteiger partial charge < -0.3 is 20.5 Å². The number of ether oxygens (including phenoxy) is 2. The Labute approximate surface area is 155 Å². The molecule has 0 bridgehead atoms. The Kier molecular flexibility index (Phi) is 6.66. The number of rotatable bonds is 6. The van der Waals surface area contributed by atoms with E-state index < -0.39 is 11.6 Å². The molecule has 1 unspecified atom stereocenters. The third-order valence-corrected chi connectivity index (χ3v) is 3.94. The average molecular weight is 359 g/mol. The van der Waals surface area contributed by atoms with Crippen LogP contribution in [0.2, 0.25) is 0 Å². The van der Waals surface area contributed by atoms with Gasteiger partial charge in [0.25, 0.3) is 0 Å². The van der Waals surface area contributed by atoms with E-state index in [1.54, 1.807) is 0 Å². The van der Waals surface area contributed by atoms with Crippen molar-refractivity contribution in [2.75, 3.05) is 18.5 Å². The summed E-state index contributed by atoms with van der Waals surface area (Å²) in [6.45, 7) is 9.04. The highest BCUT2D eigenvalue weighted by Crippen LogP contribution is 2.39. The van der Waals surface area contributed by atoms with Crippen LogP contribution in [-0.4, -0.2) is 30.9 Å². The van der Waals surface area contributed by atoms with Crippen LogP contribution in [0, 0.1) is 0 Å². The molecule has 6 nitrogen and oxygen atoms in total. The normalized spacial score (nSPS) is 17.5. The van der Waals surface area contributed by atoms with E-state index in [0.29, 0.717) is 18.7 Å². The smallest absolute Gasteiger partial charge is 0.349 e. The Bertz CT molecular complexity index is 690. The number of anilines is 1. The Morgan fingerprint density at radius 1 is 1.46 bits per heavy atom. The lowest BCUT2D eigenvalue weighted by atomic mass is 9.89. The number of nitrogens with two attached hydrogens (primary N) is 1. The van der Waals surface area contributed by atoms with Crippen LogP contribution in [-0.2, 0) is 9.53 Å². The molecule has 0 radical (unpaired) electrons. The molecule has 3 N–H and O–H groups in total. The minimum Gasteiger partial charge on any atom is -0.493 e. The SMILES string of the molecule is CCNc1ccc2c(c1)C(CC(=C/N)/N=C\C(=O)OC(C)(C)C)CCO2. The molecule has 0 aromatic heterocycles. The van der Waals surface area contributed by atoms with Crippen molar-refractivity contribution in [3.05, 3.63) is 35.7 Å². The van der Waals surface area contributed by atoms with Gasteiger partial charge in [-0.3, -0.25) is 4.99 Å². The zero-order chi connectivity index (χ0) is 19.2. The van der Waals surface area contributed by atoms with Crippen LogP contribution < -0.4 is 15.8 Å². The number of carbonyl (C=O) groups excluding carboxylic acids is 1. The van der Waals surface area contributed by atoms with Gasteiger partial charge in [-0.2, -0.15) is 0 Å². The quantitative estimate of drug-likeness (QED) is 0.599. The Morgan fingerprint density at radius 2 is 2.23 bits per heavy atom. The molecule has 6 heteroatoms. The monoisotopic (exact) mass is 359 g/mol. The number of hydrogen-bond donors (Lipinski definition) is 2. The van der Waals surface area contributed by atoms with Crippen molar-refractivity contribution in [1.29, 1.82) is 0 Å². The van der Waals surface area contributed by atoms with Crippen molar-refractivity contribution >= 4 is 17.9 Å². The van der Waals surface area contributed by atoms with Crippen LogP contribution in [0.5, 0.6) is 5.75 Å². The van der Waals surface area contributed by atoms with Crippen LogP contribution in [0.15, 0.2) is 35.1 Å². The Morgan fingerprint density at radius 3 is 2.88 bits per heavy atom. The molecule has 1 aromatic carbocycles. The highest BCUT2D eigenvalue weighted by atomic mass is 16.6. The third-order valence-electron chi connectivity index (χ3n) is 3.94. The van der Waals surface area contributed by atoms with E-state index in [-0.39, 0.29) is 5.92 Å². The Hall–Kier alpha value is -2.50. The summed E-state index contributed by atoms with van der Waals surface area (Å²) < 4.78 is 11.0. The summed E-state index contributed by atoms with van der Waals surface area (Å²) in [6, 6.07) is 6.13. The summed E-state index contributed by atoms with van der Waals surface area (Å²) in [5.41, 5.74) is 8.05. The highest BCUT2D eigenvalue weighted by molar-refractivity contribution is 6.23. The van der Waals surface area contributed by atoms with Gasteiger partial charge in [0.1, 0.15) is 17.6 Å². The van der Waals surface area contributed by atoms with Gasteiger partial charge in [-0.15, -0.1) is 0 Å². The number of hydrogen-bond acceptors (Lipinski definition) is 6. The number of allylic oxidation sites excluding steroid dienone is 1. The lowest BCUT2D eigenvalue weighted by molar-refractivity contribution is -0.145. The molecule has 0 spiro atoms. The lowest BCUT2D eigenvalue weighted by Crippen LogP contribution is -2.24. The van der Waals surface area contributed by atoms with Crippen LogP contribution in [0.1, 0.15) is 52.0 Å². The topological polar surface area (TPSA) is 85.9 Å². The van der Waals surface area contributed by atoms with E-state index in [0.717, 1.165) is 30.0 Å². The molecule has 0 saturated carbocycles. The van der Waals surface area contributed by atoms with Gasteiger partial charge in [0.2, 0.25) is 0 Å². The maximum Gasteiger partial charge on any atom is 0.349 e. The molecule has 1 aromatic rings. The fraction of sp³-hybridized carbons (Fsp3) is 0.500. The number of esters is 1. The molecule has 2 rings (SSSR count). The fourth-order valence-electron chi connectivity index (χ4n) is 2.87. The van der Waals surface area contributed by atoms with Crippen molar-refractivity contribution in [1.82, 2.24) is 0 Å². The maximum atomic E-state index is 11.8. The standard InChI is InChI=1S/C20H29N3O3/c1-5-22-15-6-7-18-17(11-15)14(8-9-25-18)10-16(12-21)23-13-19(24)26-20(2,3)4/h6-7,11-14,22H,5,8-10,21H2,1-4H3/b16-12-,23-13-. The van der Waals surface area contributed by atoms with E-state index in [1.165, 1.54) is 12.4 Å². The number of aliphatic imine (C=N–C) groups is 1. The zero-order valence-electron chi connectivity index (χ0n) is 16.0. The maximum absolute atomic E-state index is 11.8. The van der Waals surface area contributed by atoms with Gasteiger partial charge in [0, 0.05) is 18.4 Å². The Balaban J connectivity index is 2.10. The predicted molar refractivity (Wildman–Crippen MR) is 105 cm³/mol. The summed E-state index contributed by atoms with van der Waals surface area (Å²) >= 11 is 0. The van der Waals surface area contributed by atoms with Crippen LogP contribution in [0.4, 0.5) is 5.69 Å². The molecular formula is C20H29N3O3. The summed E-state index contributed by atoms with van der Waals surface area (Å²) in [5.74, 6) is 0.664. The summed E-state index contributed by atoms with van der Waals surface area (Å²) in [7, 11) is 0. The number of carbonyl (C=O) groups is 1. The van der Waals surface area contributed by atoms with Crippen LogP contribution >= 0.6 is 0 Å². The molecule has 1 aliphatic heterocycles. The second-order valence-corrected chi connectivity index (χ2v) is 7.27. The molecule has 0 fully saturated rings. The second-order valence-electron chi connectivity index (χ2n) is 7.27. The van der Waals surface area contributed by atoms with Gasteiger partial charge in [0.05, 0.1) is 12.3 Å². The van der Waals surface area contributed by atoms with Gasteiger partial charge >= 0.3 is 5.97 Å². The number of benzene rings is 1. The van der Waals surface area contributed by atoms with E-state index >= 15 is 0 Å². The molecule has 142 valence electrons. The van der Waals surface area contributed by atoms with Crippen LogP contribution in [0.3, 0.4) is 0 Å². The number of fused-ring (bicyclic) bond motifs is 1. The lowest BCUT2D eigenvalue weighted by Gasteiger charge is -2.26. The summed E-state index contributed by atoms with van der Waals surface area (Å²) in [4.78, 5) is 16.1. The van der Waals surface area contributed by atoms with Crippen molar-refractivity contribution in [3.8, 4) is 5.75 Å². The van der Waals surface area contributed by atoms with Crippen LogP contribution in [0.25, 0.3) is 0 Å². The first-order chi connectivity index (χ1) is 12.3. The molecule has 26 heavy (non-hydrogen) atoms. The zero-order valence-corrected chi connectivity index (χ0v) is 16.0. The van der Waals surface area contributed by atoms with Gasteiger partial charge in [-0.05, 0) is 70.2 Å². The van der Waals surface area contributed by atoms with E-state index in [1.807, 2.05) is 32.9 Å². The molecule has 1 aliphatic rings. The first-order valence-electron chi connectivity index (χ1n) is 9.01. The van der Waals surface area contributed by atoms with Gasteiger partial charge in [-0.1, -0.05) is 0 Å². The fourth-order valence-corrected chi connectivity index (χ4v) is 2.87. The molecule has 0 aliphatic carbocycles. The molecule has 0 saturated heterocycles. The average Bonchev–Trinajstić information content (AvgIpc) is 2.57. The van der Waals surface area contributed by atoms with Crippen molar-refractivity contribution < 1.29 is 14.3 Å². The predicted octanol–water partition coefficient (Wildman–Crippen LogP) is 3.59. The number of nitrogens with zero attached hydrogens (tertiary/aromatic N) is 1. The summed E-state index contributed by atoms with van der Waals surface area (Å²) in [6.07, 6.45) is 4.16. The van der Waals surface area contributed by atoms with Gasteiger partial charge in [0.15, 0.2) is 0 Å². The minimum atomic E-state index is -0.544. The molecule has 1 atom stereocenters. The highest BCUT2D eigenvalue weighted by Gasteiger charge is 2.23. The largest absolute Gasteiger partial charge is 0.493 e. The van der Waals surface area contributed by atoms with E-state index in [2.05, 4.69) is 23.3 Å². The first kappa shape index (κ1) is 19.8. The minimum absolute atomic E-state index is 0.239. The third kappa shape index (κ3) is 5.79. The first-order valence-corrected chi connectivity index (χ1v) is 9.01. The molecular weight excluding hydrogens is 330 g/mol. The van der Waals surface area contributed by atoms with Crippen molar-refractivity contribution in [2.45, 2.75) is 52.1 Å². The molecule has 0 amide bonds. The van der Waals surface area contributed by atoms with Crippen molar-refractivity contribution in [2.24, 2.45) is 10.7 Å². The van der Waals surface area contributed by atoms with E-state index in [9.17, 15) is 4.79 Å². The van der Waals surface area contributed by atoms with Gasteiger partial charge in [-0.25, -0.2) is 4.79 Å². The summed E-state index contributed by atoms with van der Waals surface area (Å²) in [5, 5.41) is 3.32. The number of nitrogens with one attached hydrogen (secondary N) is 1.